The number of halogens is 1. The Bertz CT molecular complexity index is 868. The summed E-state index contributed by atoms with van der Waals surface area (Å²) in [6, 6.07) is 5.64. The van der Waals surface area contributed by atoms with Gasteiger partial charge in [-0.25, -0.2) is 9.97 Å². The fourth-order valence-electron chi connectivity index (χ4n) is 2.16. The summed E-state index contributed by atoms with van der Waals surface area (Å²) in [4.78, 5) is 21.6. The third-order valence-corrected chi connectivity index (χ3v) is 4.47. The van der Waals surface area contributed by atoms with E-state index in [-0.39, 0.29) is 5.91 Å². The maximum Gasteiger partial charge on any atom is 0.244 e. The molecule has 3 heterocycles. The number of carbonyl (C=O) groups is 1. The van der Waals surface area contributed by atoms with Crippen LogP contribution < -0.4 is 5.32 Å². The first kappa shape index (κ1) is 15.7. The van der Waals surface area contributed by atoms with E-state index < -0.39 is 0 Å². The molecule has 7 heteroatoms. The zero-order chi connectivity index (χ0) is 16.2. The maximum absolute atomic E-state index is 11.9. The lowest BCUT2D eigenvalue weighted by Crippen LogP contribution is -2.23. The monoisotopic (exact) mass is 346 g/mol. The summed E-state index contributed by atoms with van der Waals surface area (Å²) >= 11 is 7.76. The Labute approximate surface area is 142 Å². The van der Waals surface area contributed by atoms with Gasteiger partial charge in [-0.1, -0.05) is 17.7 Å². The number of hydrogen-bond acceptors (Lipinski definition) is 4. The Balaban J connectivity index is 1.60. The van der Waals surface area contributed by atoms with Gasteiger partial charge in [0.15, 0.2) is 5.15 Å². The van der Waals surface area contributed by atoms with E-state index in [1.807, 2.05) is 41.9 Å². The summed E-state index contributed by atoms with van der Waals surface area (Å²) in [7, 11) is 0. The number of fused-ring (bicyclic) bond motifs is 1. The normalized spacial score (nSPS) is 11.4. The summed E-state index contributed by atoms with van der Waals surface area (Å²) in [5, 5.41) is 4.24. The quantitative estimate of drug-likeness (QED) is 0.722. The van der Waals surface area contributed by atoms with Crippen LogP contribution in [0.4, 0.5) is 0 Å². The van der Waals surface area contributed by atoms with Crippen molar-refractivity contribution >= 4 is 40.6 Å². The molecule has 0 aliphatic heterocycles. The van der Waals surface area contributed by atoms with Gasteiger partial charge in [-0.05, 0) is 25.1 Å². The second-order valence-corrected chi connectivity index (χ2v) is 6.63. The number of aryl methyl sites for hydroxylation is 1. The minimum atomic E-state index is -0.166. The number of nitrogens with one attached hydrogen (secondary N) is 1. The number of rotatable bonds is 5. The van der Waals surface area contributed by atoms with Crippen molar-refractivity contribution in [2.45, 2.75) is 13.3 Å². The van der Waals surface area contributed by atoms with Crippen molar-refractivity contribution in [1.82, 2.24) is 19.7 Å². The average molecular weight is 347 g/mol. The maximum atomic E-state index is 11.9. The van der Waals surface area contributed by atoms with E-state index in [1.165, 1.54) is 11.0 Å². The Morgan fingerprint density at radius 1 is 1.48 bits per heavy atom. The van der Waals surface area contributed by atoms with E-state index >= 15 is 0 Å². The average Bonchev–Trinajstić information content (AvgIpc) is 3.08. The van der Waals surface area contributed by atoms with Crippen LogP contribution >= 0.6 is 22.9 Å². The van der Waals surface area contributed by atoms with Crippen molar-refractivity contribution in [1.29, 1.82) is 0 Å². The van der Waals surface area contributed by atoms with Gasteiger partial charge in [0.25, 0.3) is 0 Å². The zero-order valence-corrected chi connectivity index (χ0v) is 14.1. The van der Waals surface area contributed by atoms with Crippen LogP contribution in [0, 0.1) is 6.92 Å². The van der Waals surface area contributed by atoms with Gasteiger partial charge < -0.3 is 5.32 Å². The van der Waals surface area contributed by atoms with Gasteiger partial charge in [0.05, 0.1) is 10.7 Å². The summed E-state index contributed by atoms with van der Waals surface area (Å²) in [5.41, 5.74) is 1.43. The van der Waals surface area contributed by atoms with Gasteiger partial charge in [0, 0.05) is 36.3 Å². The molecule has 1 N–H and O–H groups in total. The van der Waals surface area contributed by atoms with Crippen LogP contribution in [0.15, 0.2) is 36.7 Å². The van der Waals surface area contributed by atoms with E-state index in [4.69, 9.17) is 11.6 Å². The van der Waals surface area contributed by atoms with Gasteiger partial charge in [-0.2, -0.15) is 0 Å². The molecule has 3 aromatic heterocycles. The highest BCUT2D eigenvalue weighted by atomic mass is 35.5. The molecule has 0 fully saturated rings. The van der Waals surface area contributed by atoms with E-state index in [9.17, 15) is 4.79 Å². The Morgan fingerprint density at radius 3 is 3.13 bits per heavy atom. The third-order valence-electron chi connectivity index (χ3n) is 3.22. The minimum Gasteiger partial charge on any atom is -0.352 e. The van der Waals surface area contributed by atoms with Crippen LogP contribution in [0.25, 0.3) is 11.7 Å². The molecule has 1 amide bonds. The topological polar surface area (TPSA) is 59.3 Å². The molecule has 3 aromatic rings. The molecule has 23 heavy (non-hydrogen) atoms. The summed E-state index contributed by atoms with van der Waals surface area (Å²) in [5.74, 6) is -0.166. The largest absolute Gasteiger partial charge is 0.352 e. The number of carbonyl (C=O) groups excluding carboxylic acids is 1. The molecule has 0 aliphatic rings. The SMILES string of the molecule is Cc1cnc(CCNC(=O)C=Cc2c(Cl)nc3ccccn23)s1. The molecule has 5 nitrogen and oxygen atoms in total. The number of imidazole rings is 1. The van der Waals surface area contributed by atoms with Crippen molar-refractivity contribution in [3.8, 4) is 0 Å². The summed E-state index contributed by atoms with van der Waals surface area (Å²) in [6.07, 6.45) is 7.57. The van der Waals surface area contributed by atoms with Crippen molar-refractivity contribution in [2.24, 2.45) is 0 Å². The van der Waals surface area contributed by atoms with Crippen molar-refractivity contribution in [2.75, 3.05) is 6.54 Å². The zero-order valence-electron chi connectivity index (χ0n) is 12.5. The van der Waals surface area contributed by atoms with E-state index in [1.54, 1.807) is 17.4 Å². The fourth-order valence-corrected chi connectivity index (χ4v) is 3.19. The first-order chi connectivity index (χ1) is 11.1. The number of amides is 1. The summed E-state index contributed by atoms with van der Waals surface area (Å²) in [6.45, 7) is 2.57. The molecule has 0 radical (unpaired) electrons. The van der Waals surface area contributed by atoms with Gasteiger partial charge in [0.2, 0.25) is 5.91 Å². The smallest absolute Gasteiger partial charge is 0.244 e. The molecule has 0 unspecified atom stereocenters. The Morgan fingerprint density at radius 2 is 2.35 bits per heavy atom. The highest BCUT2D eigenvalue weighted by molar-refractivity contribution is 7.11. The molecule has 0 spiro atoms. The first-order valence-electron chi connectivity index (χ1n) is 7.13. The number of aromatic nitrogens is 3. The van der Waals surface area contributed by atoms with E-state index in [2.05, 4.69) is 15.3 Å². The molecule has 0 atom stereocenters. The standard InChI is InChI=1S/C16H15ClN4OS/c1-11-10-19-15(23-11)7-8-18-14(22)6-5-12-16(17)20-13-4-2-3-9-21(12)13/h2-6,9-10H,7-8H2,1H3,(H,18,22). The second kappa shape index (κ2) is 6.93. The first-order valence-corrected chi connectivity index (χ1v) is 8.33. The van der Waals surface area contributed by atoms with Crippen molar-refractivity contribution in [3.63, 3.8) is 0 Å². The lowest BCUT2D eigenvalue weighted by Gasteiger charge is -2.00. The molecule has 0 saturated carbocycles. The van der Waals surface area contributed by atoms with Crippen LogP contribution in [0.3, 0.4) is 0 Å². The summed E-state index contributed by atoms with van der Waals surface area (Å²) < 4.78 is 1.84. The van der Waals surface area contributed by atoms with Gasteiger partial charge in [-0.15, -0.1) is 11.3 Å². The van der Waals surface area contributed by atoms with Crippen LogP contribution in [0.2, 0.25) is 5.15 Å². The molecule has 0 aromatic carbocycles. The molecule has 0 aliphatic carbocycles. The number of hydrogen-bond donors (Lipinski definition) is 1. The van der Waals surface area contributed by atoms with E-state index in [0.29, 0.717) is 17.4 Å². The molecular weight excluding hydrogens is 332 g/mol. The molecule has 0 bridgehead atoms. The highest BCUT2D eigenvalue weighted by Gasteiger charge is 2.07. The Kier molecular flexibility index (Phi) is 4.73. The van der Waals surface area contributed by atoms with Gasteiger partial charge >= 0.3 is 0 Å². The number of thiazole rings is 1. The highest BCUT2D eigenvalue weighted by Crippen LogP contribution is 2.18. The van der Waals surface area contributed by atoms with E-state index in [0.717, 1.165) is 17.1 Å². The van der Waals surface area contributed by atoms with Crippen LogP contribution in [0.5, 0.6) is 0 Å². The second-order valence-electron chi connectivity index (χ2n) is 4.96. The van der Waals surface area contributed by atoms with Gasteiger partial charge in [-0.3, -0.25) is 9.20 Å². The predicted octanol–water partition coefficient (Wildman–Crippen LogP) is 3.12. The molecule has 3 rings (SSSR count). The minimum absolute atomic E-state index is 0.166. The number of pyridine rings is 1. The van der Waals surface area contributed by atoms with Crippen LogP contribution in [-0.2, 0) is 11.2 Å². The Hall–Kier alpha value is -2.18. The lowest BCUT2D eigenvalue weighted by molar-refractivity contribution is -0.116. The van der Waals surface area contributed by atoms with Gasteiger partial charge in [0.1, 0.15) is 5.65 Å². The molecule has 0 saturated heterocycles. The molecular formula is C16H15ClN4OS. The van der Waals surface area contributed by atoms with Crippen molar-refractivity contribution < 1.29 is 4.79 Å². The van der Waals surface area contributed by atoms with Crippen molar-refractivity contribution in [3.05, 3.63) is 57.4 Å². The lowest BCUT2D eigenvalue weighted by atomic mass is 10.3. The van der Waals surface area contributed by atoms with Crippen LogP contribution in [0.1, 0.15) is 15.6 Å². The van der Waals surface area contributed by atoms with Crippen LogP contribution in [-0.4, -0.2) is 26.8 Å². The molecule has 118 valence electrons. The third kappa shape index (κ3) is 3.78. The number of nitrogens with zero attached hydrogens (tertiary/aromatic N) is 3. The fraction of sp³-hybridized carbons (Fsp3) is 0.188. The predicted molar refractivity (Wildman–Crippen MR) is 92.8 cm³/mol.